The molecule has 0 bridgehead atoms. The van der Waals surface area contributed by atoms with Crippen LogP contribution in [-0.2, 0) is 11.3 Å². The fourth-order valence-corrected chi connectivity index (χ4v) is 3.38. The van der Waals surface area contributed by atoms with E-state index >= 15 is 0 Å². The number of likely N-dealkylation sites (tertiary alicyclic amines) is 1. The lowest BCUT2D eigenvalue weighted by Crippen LogP contribution is -2.34. The highest BCUT2D eigenvalue weighted by atomic mass is 16.3. The molecule has 1 fully saturated rings. The fraction of sp³-hybridized carbons (Fsp3) is 0.650. The first-order valence-corrected chi connectivity index (χ1v) is 9.36. The average molecular weight is 332 g/mol. The predicted molar refractivity (Wildman–Crippen MR) is 98.8 cm³/mol. The van der Waals surface area contributed by atoms with Crippen molar-refractivity contribution in [2.45, 2.75) is 52.5 Å². The first-order valence-electron chi connectivity index (χ1n) is 9.36. The Balaban J connectivity index is 1.86. The Hall–Kier alpha value is -1.39. The molecule has 4 nitrogen and oxygen atoms in total. The third-order valence-corrected chi connectivity index (χ3v) is 5.21. The lowest BCUT2D eigenvalue weighted by Gasteiger charge is -2.31. The molecule has 1 aliphatic rings. The largest absolute Gasteiger partial charge is 0.396 e. The summed E-state index contributed by atoms with van der Waals surface area (Å²) in [6.07, 6.45) is 4.85. The molecule has 4 heteroatoms. The van der Waals surface area contributed by atoms with Crippen molar-refractivity contribution in [1.82, 2.24) is 4.90 Å². The van der Waals surface area contributed by atoms with Crippen LogP contribution in [-0.4, -0.2) is 35.6 Å². The van der Waals surface area contributed by atoms with Crippen molar-refractivity contribution in [1.29, 1.82) is 0 Å². The van der Waals surface area contributed by atoms with Crippen LogP contribution in [0.3, 0.4) is 0 Å². The van der Waals surface area contributed by atoms with E-state index in [0.29, 0.717) is 24.9 Å². The van der Waals surface area contributed by atoms with E-state index in [9.17, 15) is 9.90 Å². The third-order valence-electron chi connectivity index (χ3n) is 5.21. The van der Waals surface area contributed by atoms with Crippen LogP contribution in [0.15, 0.2) is 24.3 Å². The van der Waals surface area contributed by atoms with Gasteiger partial charge in [0, 0.05) is 25.3 Å². The summed E-state index contributed by atoms with van der Waals surface area (Å²) in [5.74, 6) is 1.06. The smallest absolute Gasteiger partial charge is 0.224 e. The highest BCUT2D eigenvalue weighted by Crippen LogP contribution is 2.20. The van der Waals surface area contributed by atoms with Crippen molar-refractivity contribution in [2.75, 3.05) is 25.0 Å². The molecule has 1 amide bonds. The van der Waals surface area contributed by atoms with E-state index in [1.807, 2.05) is 12.1 Å². The topological polar surface area (TPSA) is 52.6 Å². The van der Waals surface area contributed by atoms with Gasteiger partial charge in [-0.05, 0) is 55.5 Å². The number of piperidine rings is 1. The molecule has 1 saturated heterocycles. The van der Waals surface area contributed by atoms with E-state index in [4.69, 9.17) is 0 Å². The van der Waals surface area contributed by atoms with Gasteiger partial charge in [0.2, 0.25) is 5.91 Å². The molecular weight excluding hydrogens is 300 g/mol. The van der Waals surface area contributed by atoms with E-state index in [1.54, 1.807) is 0 Å². The Kier molecular flexibility index (Phi) is 7.73. The summed E-state index contributed by atoms with van der Waals surface area (Å²) >= 11 is 0. The molecule has 24 heavy (non-hydrogen) atoms. The number of carbonyl (C=O) groups excluding carboxylic acids is 1. The number of hydrogen-bond donors (Lipinski definition) is 2. The number of aliphatic hydroxyl groups excluding tert-OH is 1. The molecule has 0 aromatic heterocycles. The minimum absolute atomic E-state index is 0.115. The van der Waals surface area contributed by atoms with Crippen LogP contribution < -0.4 is 5.32 Å². The van der Waals surface area contributed by atoms with Crippen molar-refractivity contribution in [3.8, 4) is 0 Å². The highest BCUT2D eigenvalue weighted by molar-refractivity contribution is 5.90. The molecule has 0 aliphatic carbocycles. The normalized spacial score (nSPS) is 16.5. The molecule has 1 aromatic carbocycles. The van der Waals surface area contributed by atoms with Gasteiger partial charge in [0.25, 0.3) is 0 Å². The Morgan fingerprint density at radius 3 is 2.62 bits per heavy atom. The number of amides is 1. The second-order valence-electron chi connectivity index (χ2n) is 7.04. The summed E-state index contributed by atoms with van der Waals surface area (Å²) in [4.78, 5) is 14.6. The molecule has 2 N–H and O–H groups in total. The molecular formula is C20H32N2O2. The number of hydrogen-bond acceptors (Lipinski definition) is 3. The van der Waals surface area contributed by atoms with Gasteiger partial charge in [0.15, 0.2) is 0 Å². The van der Waals surface area contributed by atoms with Gasteiger partial charge in [-0.25, -0.2) is 0 Å². The average Bonchev–Trinajstić information content (AvgIpc) is 2.60. The Morgan fingerprint density at radius 1 is 1.29 bits per heavy atom. The number of benzene rings is 1. The van der Waals surface area contributed by atoms with Crippen LogP contribution in [0.25, 0.3) is 0 Å². The first kappa shape index (κ1) is 18.9. The van der Waals surface area contributed by atoms with Crippen LogP contribution in [0.1, 0.15) is 51.5 Å². The Bertz CT molecular complexity index is 506. The summed E-state index contributed by atoms with van der Waals surface area (Å²) < 4.78 is 0. The molecule has 1 heterocycles. The van der Waals surface area contributed by atoms with Crippen molar-refractivity contribution < 1.29 is 9.90 Å². The van der Waals surface area contributed by atoms with Crippen LogP contribution in [0.5, 0.6) is 0 Å². The Morgan fingerprint density at radius 2 is 2.00 bits per heavy atom. The highest BCUT2D eigenvalue weighted by Gasteiger charge is 2.18. The molecule has 0 spiro atoms. The summed E-state index contributed by atoms with van der Waals surface area (Å²) in [7, 11) is 0. The van der Waals surface area contributed by atoms with Gasteiger partial charge < -0.3 is 10.4 Å². The zero-order chi connectivity index (χ0) is 17.4. The monoisotopic (exact) mass is 332 g/mol. The van der Waals surface area contributed by atoms with Crippen molar-refractivity contribution in [3.63, 3.8) is 0 Å². The zero-order valence-electron chi connectivity index (χ0n) is 15.1. The van der Waals surface area contributed by atoms with Crippen molar-refractivity contribution >= 4 is 11.6 Å². The minimum atomic E-state index is 0.115. The maximum atomic E-state index is 12.2. The number of nitrogens with one attached hydrogen (secondary N) is 1. The molecule has 0 radical (unpaired) electrons. The van der Waals surface area contributed by atoms with Gasteiger partial charge in [-0.1, -0.05) is 38.8 Å². The third kappa shape index (κ3) is 5.91. The number of rotatable bonds is 8. The van der Waals surface area contributed by atoms with Gasteiger partial charge in [-0.15, -0.1) is 0 Å². The van der Waals surface area contributed by atoms with E-state index < -0.39 is 0 Å². The van der Waals surface area contributed by atoms with Gasteiger partial charge >= 0.3 is 0 Å². The van der Waals surface area contributed by atoms with Gasteiger partial charge in [0.05, 0.1) is 0 Å². The van der Waals surface area contributed by atoms with Crippen LogP contribution in [0.4, 0.5) is 5.69 Å². The Labute approximate surface area is 146 Å². The number of carbonyl (C=O) groups is 1. The molecule has 0 unspecified atom stereocenters. The number of anilines is 1. The quantitative estimate of drug-likeness (QED) is 0.764. The SMILES string of the molecule is CCC(CC)CC(=O)Nc1cccc(CN2CCC(CO)CC2)c1. The standard InChI is InChI=1S/C20H32N2O2/c1-3-16(4-2)13-20(24)21-19-7-5-6-18(12-19)14-22-10-8-17(15-23)9-11-22/h5-7,12,16-17,23H,3-4,8-11,13-15H2,1-2H3,(H,21,24). The van der Waals surface area contributed by atoms with Crippen LogP contribution in [0, 0.1) is 11.8 Å². The number of nitrogens with zero attached hydrogens (tertiary/aromatic N) is 1. The molecule has 1 aliphatic heterocycles. The van der Waals surface area contributed by atoms with Gasteiger partial charge in [-0.3, -0.25) is 9.69 Å². The lowest BCUT2D eigenvalue weighted by atomic mass is 9.97. The van der Waals surface area contributed by atoms with E-state index in [2.05, 4.69) is 36.2 Å². The van der Waals surface area contributed by atoms with E-state index in [1.165, 1.54) is 5.56 Å². The second kappa shape index (κ2) is 9.80. The van der Waals surface area contributed by atoms with Crippen molar-refractivity contribution in [3.05, 3.63) is 29.8 Å². The summed E-state index contributed by atoms with van der Waals surface area (Å²) in [6, 6.07) is 8.19. The van der Waals surface area contributed by atoms with Crippen LogP contribution >= 0.6 is 0 Å². The molecule has 2 rings (SSSR count). The van der Waals surface area contributed by atoms with Crippen LogP contribution in [0.2, 0.25) is 0 Å². The lowest BCUT2D eigenvalue weighted by molar-refractivity contribution is -0.117. The molecule has 0 atom stereocenters. The predicted octanol–water partition coefficient (Wildman–Crippen LogP) is 3.66. The second-order valence-corrected chi connectivity index (χ2v) is 7.04. The fourth-order valence-electron chi connectivity index (χ4n) is 3.38. The van der Waals surface area contributed by atoms with Gasteiger partial charge in [0.1, 0.15) is 0 Å². The maximum Gasteiger partial charge on any atom is 0.224 e. The first-order chi connectivity index (χ1) is 11.6. The summed E-state index contributed by atoms with van der Waals surface area (Å²) in [5, 5.41) is 12.3. The summed E-state index contributed by atoms with van der Waals surface area (Å²) in [6.45, 7) is 7.58. The maximum absolute atomic E-state index is 12.2. The van der Waals surface area contributed by atoms with E-state index in [0.717, 1.165) is 51.0 Å². The van der Waals surface area contributed by atoms with Crippen molar-refractivity contribution in [2.24, 2.45) is 11.8 Å². The number of aliphatic hydroxyl groups is 1. The zero-order valence-corrected chi connectivity index (χ0v) is 15.1. The minimum Gasteiger partial charge on any atom is -0.396 e. The molecule has 134 valence electrons. The molecule has 0 saturated carbocycles. The summed E-state index contributed by atoms with van der Waals surface area (Å²) in [5.41, 5.74) is 2.13. The van der Waals surface area contributed by atoms with Gasteiger partial charge in [-0.2, -0.15) is 0 Å². The van der Waals surface area contributed by atoms with E-state index in [-0.39, 0.29) is 5.91 Å². The molecule has 1 aromatic rings.